The first-order valence-electron chi connectivity index (χ1n) is 4.71. The van der Waals surface area contributed by atoms with E-state index in [1.54, 1.807) is 0 Å². The molecule has 1 aliphatic rings. The number of likely N-dealkylation sites (N-methyl/N-ethyl adjacent to an activating group) is 1. The smallest absolute Gasteiger partial charge is 0.0277 e. The van der Waals surface area contributed by atoms with E-state index >= 15 is 0 Å². The maximum atomic E-state index is 2.38. The molecule has 0 bridgehead atoms. The molecule has 11 heavy (non-hydrogen) atoms. The number of nitrogens with zero attached hydrogens (tertiary/aromatic N) is 1. The lowest BCUT2D eigenvalue weighted by molar-refractivity contribution is 0.294. The van der Waals surface area contributed by atoms with Gasteiger partial charge in [0, 0.05) is 6.04 Å². The summed E-state index contributed by atoms with van der Waals surface area (Å²) in [5.41, 5.74) is 0. The SMILES string of the molecule is CC.CCN(C)C1C=CCC1. The standard InChI is InChI=1S/C8H15N.C2H6/c1-3-9(2)8-6-4-5-7-8;1-2/h4,6,8H,3,5,7H2,1-2H3;1-2H3. The third-order valence-electron chi connectivity index (χ3n) is 2.05. The van der Waals surface area contributed by atoms with E-state index in [2.05, 4.69) is 31.0 Å². The van der Waals surface area contributed by atoms with Crippen LogP contribution in [0.2, 0.25) is 0 Å². The summed E-state index contributed by atoms with van der Waals surface area (Å²) in [6, 6.07) is 0.731. The summed E-state index contributed by atoms with van der Waals surface area (Å²) in [4.78, 5) is 2.38. The second kappa shape index (κ2) is 6.41. The Kier molecular flexibility index (Phi) is 6.24. The third kappa shape index (κ3) is 3.57. The van der Waals surface area contributed by atoms with E-state index in [0.717, 1.165) is 12.6 Å². The minimum absolute atomic E-state index is 0.731. The molecule has 0 radical (unpaired) electrons. The molecule has 0 heterocycles. The molecule has 0 aromatic carbocycles. The van der Waals surface area contributed by atoms with Gasteiger partial charge in [-0.1, -0.05) is 32.9 Å². The van der Waals surface area contributed by atoms with E-state index < -0.39 is 0 Å². The fourth-order valence-electron chi connectivity index (χ4n) is 1.22. The Balaban J connectivity index is 0.000000461. The summed E-state index contributed by atoms with van der Waals surface area (Å²) in [6.45, 7) is 7.36. The van der Waals surface area contributed by atoms with Crippen molar-refractivity contribution in [2.24, 2.45) is 0 Å². The van der Waals surface area contributed by atoms with Gasteiger partial charge >= 0.3 is 0 Å². The van der Waals surface area contributed by atoms with Crippen LogP contribution in [0.4, 0.5) is 0 Å². The molecule has 1 atom stereocenters. The Morgan fingerprint density at radius 1 is 1.45 bits per heavy atom. The van der Waals surface area contributed by atoms with Crippen molar-refractivity contribution in [2.45, 2.75) is 39.7 Å². The highest BCUT2D eigenvalue weighted by Gasteiger charge is 2.11. The van der Waals surface area contributed by atoms with E-state index in [9.17, 15) is 0 Å². The van der Waals surface area contributed by atoms with Crippen LogP contribution in [0.15, 0.2) is 12.2 Å². The summed E-state index contributed by atoms with van der Waals surface area (Å²) in [5, 5.41) is 0. The van der Waals surface area contributed by atoms with Gasteiger partial charge in [0.15, 0.2) is 0 Å². The molecule has 1 rings (SSSR count). The zero-order valence-corrected chi connectivity index (χ0v) is 8.30. The van der Waals surface area contributed by atoms with E-state index in [0.29, 0.717) is 0 Å². The van der Waals surface area contributed by atoms with Crippen LogP contribution in [0.3, 0.4) is 0 Å². The quantitative estimate of drug-likeness (QED) is 0.554. The molecule has 0 fully saturated rings. The van der Waals surface area contributed by atoms with E-state index in [1.165, 1.54) is 12.8 Å². The molecule has 0 N–H and O–H groups in total. The molecule has 1 aliphatic carbocycles. The minimum Gasteiger partial charge on any atom is -0.300 e. The Labute approximate surface area is 71.1 Å². The van der Waals surface area contributed by atoms with Gasteiger partial charge in [-0.3, -0.25) is 0 Å². The lowest BCUT2D eigenvalue weighted by Crippen LogP contribution is -2.27. The number of rotatable bonds is 2. The van der Waals surface area contributed by atoms with Gasteiger partial charge in [-0.25, -0.2) is 0 Å². The number of hydrogen-bond acceptors (Lipinski definition) is 1. The van der Waals surface area contributed by atoms with Crippen LogP contribution in [0, 0.1) is 0 Å². The first-order valence-corrected chi connectivity index (χ1v) is 4.71. The van der Waals surface area contributed by atoms with Crippen LogP contribution >= 0.6 is 0 Å². The Morgan fingerprint density at radius 3 is 2.45 bits per heavy atom. The topological polar surface area (TPSA) is 3.24 Å². The fourth-order valence-corrected chi connectivity index (χ4v) is 1.22. The average molecular weight is 155 g/mol. The van der Waals surface area contributed by atoms with Gasteiger partial charge < -0.3 is 4.90 Å². The van der Waals surface area contributed by atoms with Crippen LogP contribution in [0.1, 0.15) is 33.6 Å². The van der Waals surface area contributed by atoms with E-state index in [-0.39, 0.29) is 0 Å². The molecule has 1 nitrogen and oxygen atoms in total. The summed E-state index contributed by atoms with van der Waals surface area (Å²) < 4.78 is 0. The van der Waals surface area contributed by atoms with Crippen molar-refractivity contribution >= 4 is 0 Å². The van der Waals surface area contributed by atoms with Crippen molar-refractivity contribution in [3.8, 4) is 0 Å². The Morgan fingerprint density at radius 2 is 2.09 bits per heavy atom. The fraction of sp³-hybridized carbons (Fsp3) is 0.800. The Bertz CT molecular complexity index is 107. The van der Waals surface area contributed by atoms with Crippen LogP contribution in [0.5, 0.6) is 0 Å². The van der Waals surface area contributed by atoms with Crippen molar-refractivity contribution in [1.29, 1.82) is 0 Å². The van der Waals surface area contributed by atoms with E-state index in [4.69, 9.17) is 0 Å². The van der Waals surface area contributed by atoms with Crippen LogP contribution in [-0.4, -0.2) is 24.5 Å². The molecule has 0 saturated heterocycles. The highest BCUT2D eigenvalue weighted by molar-refractivity contribution is 5.00. The van der Waals surface area contributed by atoms with Gasteiger partial charge in [0.05, 0.1) is 0 Å². The molecule has 0 spiro atoms. The maximum Gasteiger partial charge on any atom is 0.0277 e. The molecule has 0 saturated carbocycles. The zero-order valence-electron chi connectivity index (χ0n) is 8.30. The summed E-state index contributed by atoms with van der Waals surface area (Å²) >= 11 is 0. The van der Waals surface area contributed by atoms with Gasteiger partial charge in [-0.15, -0.1) is 0 Å². The number of hydrogen-bond donors (Lipinski definition) is 0. The molecular weight excluding hydrogens is 134 g/mol. The second-order valence-electron chi connectivity index (χ2n) is 2.65. The summed E-state index contributed by atoms with van der Waals surface area (Å²) in [5.74, 6) is 0. The van der Waals surface area contributed by atoms with Gasteiger partial charge in [0.25, 0.3) is 0 Å². The zero-order chi connectivity index (χ0) is 8.69. The molecule has 0 aromatic heterocycles. The molecule has 1 unspecified atom stereocenters. The molecule has 0 aromatic rings. The van der Waals surface area contributed by atoms with Gasteiger partial charge in [0.2, 0.25) is 0 Å². The number of allylic oxidation sites excluding steroid dienone is 1. The van der Waals surface area contributed by atoms with Crippen LogP contribution < -0.4 is 0 Å². The lowest BCUT2D eigenvalue weighted by Gasteiger charge is -2.20. The molecule has 0 amide bonds. The molecule has 0 aliphatic heterocycles. The summed E-state index contributed by atoms with van der Waals surface area (Å²) in [6.07, 6.45) is 7.18. The molecule has 66 valence electrons. The van der Waals surface area contributed by atoms with Gasteiger partial charge in [-0.05, 0) is 26.4 Å². The lowest BCUT2D eigenvalue weighted by atomic mass is 10.2. The largest absolute Gasteiger partial charge is 0.300 e. The van der Waals surface area contributed by atoms with Crippen molar-refractivity contribution < 1.29 is 0 Å². The van der Waals surface area contributed by atoms with Gasteiger partial charge in [-0.2, -0.15) is 0 Å². The first kappa shape index (κ1) is 10.7. The monoisotopic (exact) mass is 155 g/mol. The van der Waals surface area contributed by atoms with Crippen molar-refractivity contribution in [3.63, 3.8) is 0 Å². The molecular formula is C10H21N. The van der Waals surface area contributed by atoms with Crippen molar-refractivity contribution in [3.05, 3.63) is 12.2 Å². The normalized spacial score (nSPS) is 21.7. The Hall–Kier alpha value is -0.300. The van der Waals surface area contributed by atoms with Crippen molar-refractivity contribution in [2.75, 3.05) is 13.6 Å². The highest BCUT2D eigenvalue weighted by Crippen LogP contribution is 2.13. The van der Waals surface area contributed by atoms with Crippen molar-refractivity contribution in [1.82, 2.24) is 4.90 Å². The predicted molar refractivity (Wildman–Crippen MR) is 51.8 cm³/mol. The van der Waals surface area contributed by atoms with Crippen LogP contribution in [-0.2, 0) is 0 Å². The third-order valence-corrected chi connectivity index (χ3v) is 2.05. The van der Waals surface area contributed by atoms with E-state index in [1.807, 2.05) is 13.8 Å². The van der Waals surface area contributed by atoms with Crippen LogP contribution in [0.25, 0.3) is 0 Å². The second-order valence-corrected chi connectivity index (χ2v) is 2.65. The first-order chi connectivity index (χ1) is 5.34. The maximum absolute atomic E-state index is 2.38. The minimum atomic E-state index is 0.731. The summed E-state index contributed by atoms with van der Waals surface area (Å²) in [7, 11) is 2.18. The highest BCUT2D eigenvalue weighted by atomic mass is 15.1. The molecule has 1 heteroatoms. The van der Waals surface area contributed by atoms with Gasteiger partial charge in [0.1, 0.15) is 0 Å². The average Bonchev–Trinajstić information content (AvgIpc) is 2.59. The predicted octanol–water partition coefficient (Wildman–Crippen LogP) is 2.68.